The van der Waals surface area contributed by atoms with Crippen molar-refractivity contribution in [1.82, 2.24) is 14.9 Å². The molecule has 1 atom stereocenters. The minimum Gasteiger partial charge on any atom is -0.480 e. The Kier molecular flexibility index (Phi) is 5.15. The van der Waals surface area contributed by atoms with Crippen LogP contribution < -0.4 is 5.32 Å². The molecule has 0 unspecified atom stereocenters. The number of aliphatic hydroxyl groups is 1. The van der Waals surface area contributed by atoms with Gasteiger partial charge in [-0.2, -0.15) is 0 Å². The molecule has 1 amide bonds. The van der Waals surface area contributed by atoms with Crippen molar-refractivity contribution in [2.24, 2.45) is 0 Å². The molecule has 0 saturated carbocycles. The maximum absolute atomic E-state index is 11.4. The highest BCUT2D eigenvalue weighted by molar-refractivity contribution is 5.83. The van der Waals surface area contributed by atoms with Gasteiger partial charge >= 0.3 is 5.97 Å². The van der Waals surface area contributed by atoms with Gasteiger partial charge < -0.3 is 20.1 Å². The summed E-state index contributed by atoms with van der Waals surface area (Å²) in [7, 11) is 0. The number of carbonyl (C=O) groups excluding carboxylic acids is 1. The number of aryl methyl sites for hydroxylation is 1. The summed E-state index contributed by atoms with van der Waals surface area (Å²) < 4.78 is 1.72. The van der Waals surface area contributed by atoms with Gasteiger partial charge in [0, 0.05) is 38.4 Å². The van der Waals surface area contributed by atoms with Gasteiger partial charge in [-0.05, 0) is 0 Å². The molecule has 7 heteroatoms. The Bertz CT molecular complexity index is 364. The minimum absolute atomic E-state index is 0.00610. The molecule has 3 N–H and O–H groups in total. The summed E-state index contributed by atoms with van der Waals surface area (Å²) in [6.07, 6.45) is 5.08. The number of aliphatic carboxylic acids is 1. The van der Waals surface area contributed by atoms with Crippen LogP contribution in [0.1, 0.15) is 12.8 Å². The van der Waals surface area contributed by atoms with E-state index in [9.17, 15) is 9.59 Å². The molecule has 17 heavy (non-hydrogen) atoms. The largest absolute Gasteiger partial charge is 0.480 e. The first-order valence-electron chi connectivity index (χ1n) is 5.22. The van der Waals surface area contributed by atoms with Crippen molar-refractivity contribution >= 4 is 11.9 Å². The molecular weight excluding hydrogens is 226 g/mol. The highest BCUT2D eigenvalue weighted by Gasteiger charge is 2.18. The number of aromatic nitrogens is 2. The van der Waals surface area contributed by atoms with Gasteiger partial charge in [-0.25, -0.2) is 9.78 Å². The zero-order chi connectivity index (χ0) is 12.7. The molecule has 1 rings (SSSR count). The Labute approximate surface area is 98.1 Å². The molecule has 0 aliphatic heterocycles. The van der Waals surface area contributed by atoms with Crippen molar-refractivity contribution in [2.45, 2.75) is 25.4 Å². The Morgan fingerprint density at radius 3 is 2.76 bits per heavy atom. The summed E-state index contributed by atoms with van der Waals surface area (Å²) in [6.45, 7) is 0.163. The van der Waals surface area contributed by atoms with Gasteiger partial charge in [-0.1, -0.05) is 0 Å². The molecule has 94 valence electrons. The van der Waals surface area contributed by atoms with E-state index in [0.29, 0.717) is 6.54 Å². The van der Waals surface area contributed by atoms with Gasteiger partial charge in [-0.3, -0.25) is 4.79 Å². The fraction of sp³-hybridized carbons (Fsp3) is 0.500. The molecule has 0 aliphatic carbocycles. The second-order valence-electron chi connectivity index (χ2n) is 3.52. The predicted octanol–water partition coefficient (Wildman–Crippen LogP) is -0.775. The molecular formula is C10H15N3O4. The monoisotopic (exact) mass is 241 g/mol. The summed E-state index contributed by atoms with van der Waals surface area (Å²) in [6, 6.07) is -1.03. The number of carboxylic acid groups (broad SMARTS) is 1. The number of rotatable bonds is 7. The van der Waals surface area contributed by atoms with E-state index < -0.39 is 12.0 Å². The van der Waals surface area contributed by atoms with Crippen molar-refractivity contribution in [3.63, 3.8) is 0 Å². The van der Waals surface area contributed by atoms with Crippen LogP contribution in [0, 0.1) is 0 Å². The Morgan fingerprint density at radius 2 is 2.24 bits per heavy atom. The van der Waals surface area contributed by atoms with E-state index in [2.05, 4.69) is 10.3 Å². The number of carboxylic acids is 1. The topological polar surface area (TPSA) is 104 Å². The van der Waals surface area contributed by atoms with Crippen LogP contribution in [0.3, 0.4) is 0 Å². The number of nitrogens with zero attached hydrogens (tertiary/aromatic N) is 2. The molecule has 1 aromatic rings. The molecule has 0 bridgehead atoms. The van der Waals surface area contributed by atoms with Gasteiger partial charge in [0.1, 0.15) is 6.04 Å². The Morgan fingerprint density at radius 1 is 1.47 bits per heavy atom. The predicted molar refractivity (Wildman–Crippen MR) is 58.1 cm³/mol. The first-order valence-corrected chi connectivity index (χ1v) is 5.22. The van der Waals surface area contributed by atoms with Crippen LogP contribution in [0.5, 0.6) is 0 Å². The van der Waals surface area contributed by atoms with Crippen molar-refractivity contribution in [3.05, 3.63) is 18.7 Å². The smallest absolute Gasteiger partial charge is 0.326 e. The lowest BCUT2D eigenvalue weighted by molar-refractivity contribution is -0.142. The maximum Gasteiger partial charge on any atom is 0.326 e. The van der Waals surface area contributed by atoms with E-state index in [1.54, 1.807) is 23.3 Å². The molecule has 1 heterocycles. The SMILES string of the molecule is O=C(CCn1ccnc1)N[C@H](CCO)C(=O)O. The maximum atomic E-state index is 11.4. The standard InChI is InChI=1S/C10H15N3O4/c14-6-2-8(10(16)17)12-9(15)1-4-13-5-3-11-7-13/h3,5,7-8,14H,1-2,4,6H2,(H,12,15)(H,16,17)/t8-/m1/s1. The number of hydrogen-bond donors (Lipinski definition) is 3. The number of imidazole rings is 1. The fourth-order valence-electron chi connectivity index (χ4n) is 1.30. The van der Waals surface area contributed by atoms with E-state index in [0.717, 1.165) is 0 Å². The van der Waals surface area contributed by atoms with Crippen molar-refractivity contribution < 1.29 is 19.8 Å². The van der Waals surface area contributed by atoms with E-state index in [4.69, 9.17) is 10.2 Å². The molecule has 0 fully saturated rings. The highest BCUT2D eigenvalue weighted by Crippen LogP contribution is 1.95. The highest BCUT2D eigenvalue weighted by atomic mass is 16.4. The van der Waals surface area contributed by atoms with Crippen LogP contribution in [-0.2, 0) is 16.1 Å². The molecule has 0 saturated heterocycles. The van der Waals surface area contributed by atoms with Gasteiger partial charge in [-0.15, -0.1) is 0 Å². The van der Waals surface area contributed by atoms with Gasteiger partial charge in [0.2, 0.25) is 5.91 Å². The molecule has 0 spiro atoms. The molecule has 7 nitrogen and oxygen atoms in total. The third-order valence-electron chi connectivity index (χ3n) is 2.21. The second kappa shape index (κ2) is 6.64. The zero-order valence-electron chi connectivity index (χ0n) is 9.24. The third kappa shape index (κ3) is 4.64. The van der Waals surface area contributed by atoms with Crippen molar-refractivity contribution in [2.75, 3.05) is 6.61 Å². The second-order valence-corrected chi connectivity index (χ2v) is 3.52. The normalized spacial score (nSPS) is 12.1. The van der Waals surface area contributed by atoms with Crippen LogP contribution in [0.25, 0.3) is 0 Å². The fourth-order valence-corrected chi connectivity index (χ4v) is 1.30. The van der Waals surface area contributed by atoms with E-state index in [1.807, 2.05) is 0 Å². The van der Waals surface area contributed by atoms with E-state index in [-0.39, 0.29) is 25.4 Å². The first kappa shape index (κ1) is 13.2. The van der Waals surface area contributed by atoms with Gasteiger partial charge in [0.05, 0.1) is 6.33 Å². The molecule has 0 aliphatic rings. The lowest BCUT2D eigenvalue weighted by Gasteiger charge is -2.13. The lowest BCUT2D eigenvalue weighted by Crippen LogP contribution is -2.41. The summed E-state index contributed by atoms with van der Waals surface area (Å²) in [5.74, 6) is -1.51. The number of nitrogens with one attached hydrogen (secondary N) is 1. The summed E-state index contributed by atoms with van der Waals surface area (Å²) in [5, 5.41) is 19.8. The van der Waals surface area contributed by atoms with Crippen LogP contribution in [-0.4, -0.2) is 44.3 Å². The van der Waals surface area contributed by atoms with Crippen molar-refractivity contribution in [1.29, 1.82) is 0 Å². The zero-order valence-corrected chi connectivity index (χ0v) is 9.24. The number of hydrogen-bond acceptors (Lipinski definition) is 4. The van der Waals surface area contributed by atoms with Crippen molar-refractivity contribution in [3.8, 4) is 0 Å². The number of carbonyl (C=O) groups is 2. The first-order chi connectivity index (χ1) is 8.13. The number of amides is 1. The minimum atomic E-state index is -1.14. The average Bonchev–Trinajstić information content (AvgIpc) is 2.78. The molecule has 0 radical (unpaired) electrons. The van der Waals surface area contributed by atoms with Crippen LogP contribution in [0.15, 0.2) is 18.7 Å². The van der Waals surface area contributed by atoms with E-state index in [1.165, 1.54) is 0 Å². The summed E-state index contributed by atoms with van der Waals surface area (Å²) >= 11 is 0. The summed E-state index contributed by atoms with van der Waals surface area (Å²) in [4.78, 5) is 26.0. The Balaban J connectivity index is 2.34. The van der Waals surface area contributed by atoms with Crippen LogP contribution in [0.4, 0.5) is 0 Å². The molecule has 0 aromatic carbocycles. The third-order valence-corrected chi connectivity index (χ3v) is 2.21. The molecule has 1 aromatic heterocycles. The van der Waals surface area contributed by atoms with E-state index >= 15 is 0 Å². The summed E-state index contributed by atoms with van der Waals surface area (Å²) in [5.41, 5.74) is 0. The lowest BCUT2D eigenvalue weighted by atomic mass is 10.2. The van der Waals surface area contributed by atoms with Crippen LogP contribution in [0.2, 0.25) is 0 Å². The van der Waals surface area contributed by atoms with Gasteiger partial charge in [0.15, 0.2) is 0 Å². The average molecular weight is 241 g/mol. The number of aliphatic hydroxyl groups excluding tert-OH is 1. The van der Waals surface area contributed by atoms with Gasteiger partial charge in [0.25, 0.3) is 0 Å². The quantitative estimate of drug-likeness (QED) is 0.581. The Hall–Kier alpha value is -1.89. The van der Waals surface area contributed by atoms with Crippen LogP contribution >= 0.6 is 0 Å².